The second kappa shape index (κ2) is 5.14. The van der Waals surface area contributed by atoms with Crippen molar-refractivity contribution >= 4 is 28.1 Å². The zero-order chi connectivity index (χ0) is 10.7. The van der Waals surface area contributed by atoms with Crippen LogP contribution in [0.1, 0.15) is 25.7 Å². The Labute approximate surface area is 99.0 Å². The smallest absolute Gasteiger partial charge is 0.184 e. The Bertz CT molecular complexity index is 315. The highest BCUT2D eigenvalue weighted by Crippen LogP contribution is 2.28. The van der Waals surface area contributed by atoms with Crippen molar-refractivity contribution in [1.82, 2.24) is 4.98 Å². The first-order valence-electron chi connectivity index (χ1n) is 5.37. The summed E-state index contributed by atoms with van der Waals surface area (Å²) in [5.74, 6) is 0.585. The van der Waals surface area contributed by atoms with Crippen molar-refractivity contribution in [3.63, 3.8) is 0 Å². The normalized spacial score (nSPS) is 26.5. The summed E-state index contributed by atoms with van der Waals surface area (Å²) in [5, 5.41) is 6.79. The van der Waals surface area contributed by atoms with E-state index in [1.54, 1.807) is 11.3 Å². The minimum absolute atomic E-state index is 0.478. The Balaban J connectivity index is 1.97. The van der Waals surface area contributed by atoms with Crippen LogP contribution in [0.3, 0.4) is 0 Å². The van der Waals surface area contributed by atoms with Crippen LogP contribution < -0.4 is 11.1 Å². The van der Waals surface area contributed by atoms with Gasteiger partial charge < -0.3 is 11.1 Å². The average Bonchev–Trinajstić information content (AvgIpc) is 2.65. The van der Waals surface area contributed by atoms with Gasteiger partial charge in [0.25, 0.3) is 0 Å². The number of hydrogen-bond acceptors (Lipinski definition) is 4. The summed E-state index contributed by atoms with van der Waals surface area (Å²) in [7, 11) is 0. The minimum Gasteiger partial charge on any atom is -0.358 e. The van der Waals surface area contributed by atoms with E-state index in [-0.39, 0.29) is 0 Å². The first-order valence-corrected chi connectivity index (χ1v) is 6.63. The molecule has 3 nitrogen and oxygen atoms in total. The van der Waals surface area contributed by atoms with Crippen LogP contribution in [0, 0.1) is 5.92 Å². The number of thiazole rings is 1. The molecule has 1 saturated carbocycles. The van der Waals surface area contributed by atoms with Gasteiger partial charge in [0, 0.05) is 11.4 Å². The molecule has 5 heteroatoms. The molecule has 0 aromatic carbocycles. The number of nitrogens with two attached hydrogens (primary N) is 1. The van der Waals surface area contributed by atoms with E-state index in [1.165, 1.54) is 25.7 Å². The van der Waals surface area contributed by atoms with Gasteiger partial charge in [0.05, 0.1) is 0 Å². The van der Waals surface area contributed by atoms with Gasteiger partial charge in [-0.05, 0) is 25.3 Å². The van der Waals surface area contributed by atoms with Gasteiger partial charge in [0.1, 0.15) is 5.15 Å². The van der Waals surface area contributed by atoms with Crippen molar-refractivity contribution in [2.24, 2.45) is 11.7 Å². The molecular formula is C10H16ClN3S. The van der Waals surface area contributed by atoms with Crippen LogP contribution in [-0.2, 0) is 0 Å². The zero-order valence-corrected chi connectivity index (χ0v) is 10.2. The van der Waals surface area contributed by atoms with Crippen LogP contribution in [0.5, 0.6) is 0 Å². The van der Waals surface area contributed by atoms with E-state index in [2.05, 4.69) is 10.3 Å². The fourth-order valence-electron chi connectivity index (χ4n) is 2.16. The van der Waals surface area contributed by atoms with Gasteiger partial charge in [-0.3, -0.25) is 0 Å². The van der Waals surface area contributed by atoms with E-state index in [1.807, 2.05) is 5.38 Å². The van der Waals surface area contributed by atoms with Crippen LogP contribution in [0.25, 0.3) is 0 Å². The molecule has 1 aliphatic rings. The molecular weight excluding hydrogens is 230 g/mol. The molecule has 0 spiro atoms. The van der Waals surface area contributed by atoms with Crippen molar-refractivity contribution in [1.29, 1.82) is 0 Å². The summed E-state index contributed by atoms with van der Waals surface area (Å²) in [5.41, 5.74) is 5.77. The number of halogens is 1. The molecule has 1 fully saturated rings. The van der Waals surface area contributed by atoms with Crippen LogP contribution >= 0.6 is 22.9 Å². The Morgan fingerprint density at radius 3 is 3.00 bits per heavy atom. The third kappa shape index (κ3) is 2.83. The van der Waals surface area contributed by atoms with Crippen molar-refractivity contribution < 1.29 is 0 Å². The van der Waals surface area contributed by atoms with Gasteiger partial charge in [-0.1, -0.05) is 24.4 Å². The van der Waals surface area contributed by atoms with E-state index in [4.69, 9.17) is 17.3 Å². The number of anilines is 1. The molecule has 2 atom stereocenters. The molecule has 0 radical (unpaired) electrons. The molecule has 1 heterocycles. The van der Waals surface area contributed by atoms with Crippen LogP contribution in [0.15, 0.2) is 5.38 Å². The van der Waals surface area contributed by atoms with E-state index >= 15 is 0 Å². The summed E-state index contributed by atoms with van der Waals surface area (Å²) >= 11 is 7.34. The maximum atomic E-state index is 5.78. The van der Waals surface area contributed by atoms with Crippen molar-refractivity contribution in [3.05, 3.63) is 10.5 Å². The summed E-state index contributed by atoms with van der Waals surface area (Å²) in [6, 6.07) is 0.478. The molecule has 0 aliphatic heterocycles. The van der Waals surface area contributed by atoms with Crippen LogP contribution in [-0.4, -0.2) is 17.6 Å². The van der Waals surface area contributed by atoms with Crippen LogP contribution in [0.2, 0.25) is 5.15 Å². The predicted octanol–water partition coefficient (Wildman–Crippen LogP) is 2.73. The highest BCUT2D eigenvalue weighted by atomic mass is 35.5. The van der Waals surface area contributed by atoms with Crippen molar-refractivity contribution in [3.8, 4) is 0 Å². The maximum Gasteiger partial charge on any atom is 0.184 e. The van der Waals surface area contributed by atoms with Gasteiger partial charge in [-0.15, -0.1) is 11.3 Å². The van der Waals surface area contributed by atoms with Gasteiger partial charge in [-0.2, -0.15) is 0 Å². The maximum absolute atomic E-state index is 5.78. The molecule has 3 N–H and O–H groups in total. The quantitative estimate of drug-likeness (QED) is 0.861. The lowest BCUT2D eigenvalue weighted by Crippen LogP contribution is -2.36. The Kier molecular flexibility index (Phi) is 3.83. The topological polar surface area (TPSA) is 50.9 Å². The molecule has 1 aliphatic carbocycles. The molecule has 1 aromatic rings. The molecule has 0 amide bonds. The van der Waals surface area contributed by atoms with Gasteiger partial charge in [0.15, 0.2) is 5.13 Å². The second-order valence-electron chi connectivity index (χ2n) is 4.01. The highest BCUT2D eigenvalue weighted by Gasteiger charge is 2.24. The number of hydrogen-bond donors (Lipinski definition) is 2. The third-order valence-corrected chi connectivity index (χ3v) is 4.09. The van der Waals surface area contributed by atoms with Gasteiger partial charge in [-0.25, -0.2) is 4.98 Å². The Morgan fingerprint density at radius 2 is 2.33 bits per heavy atom. The van der Waals surface area contributed by atoms with E-state index < -0.39 is 0 Å². The Morgan fingerprint density at radius 1 is 1.53 bits per heavy atom. The largest absolute Gasteiger partial charge is 0.358 e. The average molecular weight is 246 g/mol. The van der Waals surface area contributed by atoms with E-state index in [0.717, 1.165) is 11.7 Å². The first-order chi connectivity index (χ1) is 7.29. The lowest BCUT2D eigenvalue weighted by atomic mass is 9.85. The lowest BCUT2D eigenvalue weighted by molar-refractivity contribution is 0.332. The lowest BCUT2D eigenvalue weighted by Gasteiger charge is -2.31. The van der Waals surface area contributed by atoms with E-state index in [0.29, 0.717) is 17.1 Å². The minimum atomic E-state index is 0.478. The molecule has 15 heavy (non-hydrogen) atoms. The standard InChI is InChI=1S/C10H16ClN3S/c11-9-6-15-10(14-9)13-8-4-2-1-3-7(8)5-12/h6-8H,1-5,12H2,(H,13,14). The summed E-state index contributed by atoms with van der Waals surface area (Å²) in [6.45, 7) is 0.761. The third-order valence-electron chi connectivity index (χ3n) is 3.00. The first kappa shape index (κ1) is 11.2. The molecule has 84 valence electrons. The van der Waals surface area contributed by atoms with Crippen LogP contribution in [0.4, 0.5) is 5.13 Å². The number of nitrogens with one attached hydrogen (secondary N) is 1. The summed E-state index contributed by atoms with van der Waals surface area (Å²) in [4.78, 5) is 4.21. The summed E-state index contributed by atoms with van der Waals surface area (Å²) in [6.07, 6.45) is 5.01. The molecule has 0 saturated heterocycles. The molecule has 2 rings (SSSR count). The fraction of sp³-hybridized carbons (Fsp3) is 0.700. The monoisotopic (exact) mass is 245 g/mol. The molecule has 1 aromatic heterocycles. The Hall–Kier alpha value is -0.320. The van der Waals surface area contributed by atoms with Gasteiger partial charge in [0.2, 0.25) is 0 Å². The second-order valence-corrected chi connectivity index (χ2v) is 5.25. The van der Waals surface area contributed by atoms with Crippen molar-refractivity contribution in [2.45, 2.75) is 31.7 Å². The number of rotatable bonds is 3. The number of aromatic nitrogens is 1. The zero-order valence-electron chi connectivity index (χ0n) is 8.58. The van der Waals surface area contributed by atoms with Gasteiger partial charge >= 0.3 is 0 Å². The highest BCUT2D eigenvalue weighted by molar-refractivity contribution is 7.14. The SMILES string of the molecule is NCC1CCCCC1Nc1nc(Cl)cs1. The molecule has 0 bridgehead atoms. The van der Waals surface area contributed by atoms with Crippen molar-refractivity contribution in [2.75, 3.05) is 11.9 Å². The number of nitrogens with zero attached hydrogens (tertiary/aromatic N) is 1. The summed E-state index contributed by atoms with van der Waals surface area (Å²) < 4.78 is 0. The fourth-order valence-corrected chi connectivity index (χ4v) is 3.06. The molecule has 2 unspecified atom stereocenters. The van der Waals surface area contributed by atoms with E-state index in [9.17, 15) is 0 Å². The predicted molar refractivity (Wildman–Crippen MR) is 65.5 cm³/mol.